The van der Waals surface area contributed by atoms with Crippen LogP contribution in [0.4, 0.5) is 0 Å². The number of likely N-dealkylation sites (tertiary alicyclic amines) is 1. The number of rotatable bonds is 4. The van der Waals surface area contributed by atoms with Crippen molar-refractivity contribution in [3.63, 3.8) is 0 Å². The maximum atomic E-state index is 11.6. The van der Waals surface area contributed by atoms with E-state index in [9.17, 15) is 9.59 Å². The van der Waals surface area contributed by atoms with Gasteiger partial charge in [0, 0.05) is 57.5 Å². The van der Waals surface area contributed by atoms with Crippen LogP contribution in [0.5, 0.6) is 0 Å². The van der Waals surface area contributed by atoms with Gasteiger partial charge in [0.2, 0.25) is 11.8 Å². The van der Waals surface area contributed by atoms with Crippen LogP contribution < -0.4 is 16.0 Å². The van der Waals surface area contributed by atoms with E-state index in [2.05, 4.69) is 25.8 Å². The van der Waals surface area contributed by atoms with Crippen LogP contribution in [-0.4, -0.2) is 62.4 Å². The monoisotopic (exact) mass is 451 g/mol. The van der Waals surface area contributed by atoms with Gasteiger partial charge >= 0.3 is 0 Å². The lowest BCUT2D eigenvalue weighted by atomic mass is 9.79. The minimum absolute atomic E-state index is 0. The molecule has 0 aromatic carbocycles. The SMILES string of the molecule is CN=C(NCCNC(=O)C(C)C)N1CCCC2(CNC(=O)C2)C1.I. The molecule has 2 amide bonds. The molecule has 2 fully saturated rings. The Morgan fingerprint density at radius 3 is 2.67 bits per heavy atom. The van der Waals surface area contributed by atoms with Crippen molar-refractivity contribution in [1.82, 2.24) is 20.9 Å². The van der Waals surface area contributed by atoms with E-state index >= 15 is 0 Å². The molecule has 2 aliphatic heterocycles. The summed E-state index contributed by atoms with van der Waals surface area (Å²) in [5.41, 5.74) is 0.0544. The zero-order valence-corrected chi connectivity index (χ0v) is 17.2. The van der Waals surface area contributed by atoms with Gasteiger partial charge in [0.1, 0.15) is 0 Å². The summed E-state index contributed by atoms with van der Waals surface area (Å²) in [5.74, 6) is 1.08. The van der Waals surface area contributed by atoms with Gasteiger partial charge in [-0.3, -0.25) is 14.6 Å². The third-order valence-electron chi connectivity index (χ3n) is 4.60. The summed E-state index contributed by atoms with van der Waals surface area (Å²) in [6.07, 6.45) is 2.77. The number of aliphatic imine (C=N–C) groups is 1. The highest BCUT2D eigenvalue weighted by atomic mass is 127. The van der Waals surface area contributed by atoms with Crippen LogP contribution in [0.2, 0.25) is 0 Å². The standard InChI is InChI=1S/C16H29N5O2.HI/c1-12(2)14(23)18-6-7-19-15(17-3)21-8-4-5-16(11-21)9-13(22)20-10-16;/h12H,4-11H2,1-3H3,(H,17,19)(H,18,23)(H,20,22);1H. The summed E-state index contributed by atoms with van der Waals surface area (Å²) in [6, 6.07) is 0. The summed E-state index contributed by atoms with van der Waals surface area (Å²) < 4.78 is 0. The van der Waals surface area contributed by atoms with E-state index < -0.39 is 0 Å². The number of carbonyl (C=O) groups is 2. The van der Waals surface area contributed by atoms with Gasteiger partial charge < -0.3 is 20.9 Å². The molecule has 7 nitrogen and oxygen atoms in total. The van der Waals surface area contributed by atoms with Gasteiger partial charge in [0.05, 0.1) is 0 Å². The summed E-state index contributed by atoms with van der Waals surface area (Å²) in [7, 11) is 1.77. The summed E-state index contributed by atoms with van der Waals surface area (Å²) in [5, 5.41) is 9.16. The highest BCUT2D eigenvalue weighted by molar-refractivity contribution is 14.0. The summed E-state index contributed by atoms with van der Waals surface area (Å²) in [4.78, 5) is 29.7. The lowest BCUT2D eigenvalue weighted by Crippen LogP contribution is -2.52. The number of nitrogens with zero attached hydrogens (tertiary/aromatic N) is 2. The molecule has 1 atom stereocenters. The predicted molar refractivity (Wildman–Crippen MR) is 105 cm³/mol. The number of hydrogen-bond acceptors (Lipinski definition) is 3. The molecule has 0 radical (unpaired) electrons. The van der Waals surface area contributed by atoms with Crippen molar-refractivity contribution in [2.45, 2.75) is 33.1 Å². The van der Waals surface area contributed by atoms with Gasteiger partial charge in [-0.25, -0.2) is 0 Å². The lowest BCUT2D eigenvalue weighted by Gasteiger charge is -2.40. The molecule has 0 saturated carbocycles. The molecular weight excluding hydrogens is 421 g/mol. The molecule has 8 heteroatoms. The topological polar surface area (TPSA) is 85.8 Å². The maximum Gasteiger partial charge on any atom is 0.222 e. The van der Waals surface area contributed by atoms with Gasteiger partial charge in [-0.15, -0.1) is 24.0 Å². The third kappa shape index (κ3) is 5.49. The van der Waals surface area contributed by atoms with Crippen LogP contribution in [0.3, 0.4) is 0 Å². The highest BCUT2D eigenvalue weighted by Crippen LogP contribution is 2.35. The number of halogens is 1. The molecule has 2 saturated heterocycles. The average Bonchev–Trinajstić information content (AvgIpc) is 2.87. The van der Waals surface area contributed by atoms with Crippen molar-refractivity contribution in [3.8, 4) is 0 Å². The fourth-order valence-corrected chi connectivity index (χ4v) is 3.33. The summed E-state index contributed by atoms with van der Waals surface area (Å²) in [6.45, 7) is 7.56. The molecule has 0 bridgehead atoms. The van der Waals surface area contributed by atoms with Gasteiger partial charge in [-0.2, -0.15) is 0 Å². The molecule has 138 valence electrons. The lowest BCUT2D eigenvalue weighted by molar-refractivity contribution is -0.124. The molecule has 2 aliphatic rings. The molecule has 0 aromatic heterocycles. The Balaban J connectivity index is 0.00000288. The molecular formula is C16H30IN5O2. The fourth-order valence-electron chi connectivity index (χ4n) is 3.33. The normalized spacial score (nSPS) is 23.9. The first-order valence-corrected chi connectivity index (χ1v) is 8.46. The number of carbonyl (C=O) groups excluding carboxylic acids is 2. The van der Waals surface area contributed by atoms with E-state index in [4.69, 9.17) is 0 Å². The Morgan fingerprint density at radius 1 is 1.38 bits per heavy atom. The largest absolute Gasteiger partial charge is 0.355 e. The fraction of sp³-hybridized carbons (Fsp3) is 0.812. The van der Waals surface area contributed by atoms with Gasteiger partial charge in [0.15, 0.2) is 5.96 Å². The van der Waals surface area contributed by atoms with Gasteiger partial charge in [0.25, 0.3) is 0 Å². The van der Waals surface area contributed by atoms with Crippen molar-refractivity contribution in [1.29, 1.82) is 0 Å². The first-order chi connectivity index (χ1) is 11.0. The molecule has 1 unspecified atom stereocenters. The van der Waals surface area contributed by atoms with E-state index in [0.717, 1.165) is 38.4 Å². The Morgan fingerprint density at radius 2 is 2.08 bits per heavy atom. The zero-order valence-electron chi connectivity index (χ0n) is 14.9. The van der Waals surface area contributed by atoms with Gasteiger partial charge in [-0.05, 0) is 12.8 Å². The summed E-state index contributed by atoms with van der Waals surface area (Å²) >= 11 is 0. The number of hydrogen-bond donors (Lipinski definition) is 3. The van der Waals surface area contributed by atoms with E-state index in [1.165, 1.54) is 0 Å². The van der Waals surface area contributed by atoms with Gasteiger partial charge in [-0.1, -0.05) is 13.8 Å². The second kappa shape index (κ2) is 9.43. The minimum Gasteiger partial charge on any atom is -0.355 e. The van der Waals surface area contributed by atoms with Crippen molar-refractivity contribution in [2.75, 3.05) is 39.8 Å². The van der Waals surface area contributed by atoms with Crippen molar-refractivity contribution in [2.24, 2.45) is 16.3 Å². The predicted octanol–water partition coefficient (Wildman–Crippen LogP) is 0.554. The van der Waals surface area contributed by atoms with Crippen molar-refractivity contribution >= 4 is 41.8 Å². The van der Waals surface area contributed by atoms with E-state index in [0.29, 0.717) is 19.5 Å². The van der Waals surface area contributed by atoms with Crippen LogP contribution in [-0.2, 0) is 9.59 Å². The van der Waals surface area contributed by atoms with Crippen LogP contribution in [0, 0.1) is 11.3 Å². The van der Waals surface area contributed by atoms with E-state index in [1.54, 1.807) is 7.05 Å². The highest BCUT2D eigenvalue weighted by Gasteiger charge is 2.42. The molecule has 0 aromatic rings. The maximum absolute atomic E-state index is 11.6. The third-order valence-corrected chi connectivity index (χ3v) is 4.60. The number of piperidine rings is 1. The first kappa shape index (κ1) is 21.0. The smallest absolute Gasteiger partial charge is 0.222 e. The molecule has 2 heterocycles. The number of guanidine groups is 1. The Bertz CT molecular complexity index is 483. The number of amides is 2. The second-order valence-electron chi connectivity index (χ2n) is 6.90. The molecule has 24 heavy (non-hydrogen) atoms. The van der Waals surface area contributed by atoms with Crippen LogP contribution in [0.15, 0.2) is 4.99 Å². The quantitative estimate of drug-likeness (QED) is 0.252. The van der Waals surface area contributed by atoms with Crippen LogP contribution in [0.1, 0.15) is 33.1 Å². The molecule has 0 aliphatic carbocycles. The Hall–Kier alpha value is -1.06. The molecule has 3 N–H and O–H groups in total. The van der Waals surface area contributed by atoms with E-state index in [-0.39, 0.29) is 47.1 Å². The van der Waals surface area contributed by atoms with E-state index in [1.807, 2.05) is 13.8 Å². The molecule has 1 spiro atoms. The second-order valence-corrected chi connectivity index (χ2v) is 6.90. The average molecular weight is 451 g/mol. The van der Waals surface area contributed by atoms with Crippen LogP contribution in [0.25, 0.3) is 0 Å². The Labute approximate surface area is 161 Å². The minimum atomic E-state index is 0. The van der Waals surface area contributed by atoms with Crippen molar-refractivity contribution in [3.05, 3.63) is 0 Å². The zero-order chi connectivity index (χ0) is 16.9. The van der Waals surface area contributed by atoms with Crippen LogP contribution >= 0.6 is 24.0 Å². The first-order valence-electron chi connectivity index (χ1n) is 8.46. The van der Waals surface area contributed by atoms with Crippen molar-refractivity contribution < 1.29 is 9.59 Å². The Kier molecular flexibility index (Phi) is 8.24. The molecule has 2 rings (SSSR count). The number of nitrogens with one attached hydrogen (secondary N) is 3.